The minimum atomic E-state index is -4.68. The summed E-state index contributed by atoms with van der Waals surface area (Å²) >= 11 is 2.17. The van der Waals surface area contributed by atoms with Crippen LogP contribution in [0.1, 0.15) is 5.56 Å². The summed E-state index contributed by atoms with van der Waals surface area (Å²) in [6, 6.07) is 13.7. The zero-order chi connectivity index (χ0) is 14.6. The molecule has 0 heterocycles. The average molecular weight is 393 g/mol. The lowest BCUT2D eigenvalue weighted by atomic mass is 10.2. The van der Waals surface area contributed by atoms with Gasteiger partial charge < -0.3 is 10.1 Å². The molecule has 0 radical (unpaired) electrons. The minimum Gasteiger partial charge on any atom is -0.405 e. The molecule has 0 spiro atoms. The van der Waals surface area contributed by atoms with Crippen molar-refractivity contribution >= 4 is 28.3 Å². The summed E-state index contributed by atoms with van der Waals surface area (Å²) in [7, 11) is 0. The lowest BCUT2D eigenvalue weighted by molar-refractivity contribution is -0.274. The van der Waals surface area contributed by atoms with E-state index < -0.39 is 6.36 Å². The molecule has 0 atom stereocenters. The van der Waals surface area contributed by atoms with Gasteiger partial charge in [0.1, 0.15) is 5.75 Å². The van der Waals surface area contributed by atoms with Crippen molar-refractivity contribution in [1.82, 2.24) is 0 Å². The topological polar surface area (TPSA) is 21.3 Å². The number of para-hydroxylation sites is 1. The van der Waals surface area contributed by atoms with Gasteiger partial charge in [-0.05, 0) is 46.9 Å². The van der Waals surface area contributed by atoms with Gasteiger partial charge in [0, 0.05) is 21.4 Å². The fraction of sp³-hybridized carbons (Fsp3) is 0.143. The first-order valence-electron chi connectivity index (χ1n) is 5.77. The third-order valence-electron chi connectivity index (χ3n) is 2.51. The van der Waals surface area contributed by atoms with Crippen LogP contribution in [0.4, 0.5) is 18.9 Å². The molecule has 0 aromatic heterocycles. The van der Waals surface area contributed by atoms with Crippen molar-refractivity contribution in [2.24, 2.45) is 0 Å². The molecule has 0 unspecified atom stereocenters. The van der Waals surface area contributed by atoms with E-state index in [1.165, 1.54) is 12.1 Å². The number of hydrogen-bond donors (Lipinski definition) is 1. The van der Waals surface area contributed by atoms with Crippen molar-refractivity contribution in [2.45, 2.75) is 12.9 Å². The van der Waals surface area contributed by atoms with E-state index in [-0.39, 0.29) is 12.3 Å². The van der Waals surface area contributed by atoms with Crippen LogP contribution in [0.2, 0.25) is 0 Å². The van der Waals surface area contributed by atoms with Gasteiger partial charge in [0.25, 0.3) is 0 Å². The molecular formula is C14H11F3INO. The summed E-state index contributed by atoms with van der Waals surface area (Å²) in [6.07, 6.45) is -4.68. The van der Waals surface area contributed by atoms with Crippen LogP contribution in [-0.2, 0) is 6.54 Å². The molecule has 2 aromatic carbocycles. The van der Waals surface area contributed by atoms with Crippen LogP contribution < -0.4 is 10.1 Å². The predicted molar refractivity (Wildman–Crippen MR) is 79.6 cm³/mol. The van der Waals surface area contributed by atoms with Gasteiger partial charge in [-0.2, -0.15) is 0 Å². The average Bonchev–Trinajstić information content (AvgIpc) is 2.36. The number of rotatable bonds is 4. The summed E-state index contributed by atoms with van der Waals surface area (Å²) < 4.78 is 41.9. The third kappa shape index (κ3) is 4.59. The quantitative estimate of drug-likeness (QED) is 0.754. The minimum absolute atomic E-state index is 0.182. The molecule has 20 heavy (non-hydrogen) atoms. The second kappa shape index (κ2) is 6.34. The normalized spacial score (nSPS) is 11.2. The molecule has 2 aromatic rings. The monoisotopic (exact) mass is 393 g/mol. The molecular weight excluding hydrogens is 382 g/mol. The van der Waals surface area contributed by atoms with E-state index in [1.807, 2.05) is 24.3 Å². The second-order valence-electron chi connectivity index (χ2n) is 4.02. The van der Waals surface area contributed by atoms with Gasteiger partial charge in [0.05, 0.1) is 0 Å². The molecule has 2 rings (SSSR count). The van der Waals surface area contributed by atoms with Gasteiger partial charge in [0.2, 0.25) is 0 Å². The van der Waals surface area contributed by atoms with Crippen molar-refractivity contribution < 1.29 is 17.9 Å². The van der Waals surface area contributed by atoms with Gasteiger partial charge in [-0.25, -0.2) is 0 Å². The fourth-order valence-electron chi connectivity index (χ4n) is 1.67. The van der Waals surface area contributed by atoms with Gasteiger partial charge in [-0.15, -0.1) is 13.2 Å². The molecule has 0 amide bonds. The first kappa shape index (κ1) is 15.0. The number of hydrogen-bond acceptors (Lipinski definition) is 2. The maximum absolute atomic E-state index is 12.3. The number of benzene rings is 2. The SMILES string of the molecule is FC(F)(F)Oc1ccccc1CNc1cccc(I)c1. The maximum atomic E-state index is 12.3. The summed E-state index contributed by atoms with van der Waals surface area (Å²) in [6.45, 7) is 0.256. The molecule has 6 heteroatoms. The van der Waals surface area contributed by atoms with E-state index in [1.54, 1.807) is 12.1 Å². The number of anilines is 1. The number of nitrogens with one attached hydrogen (secondary N) is 1. The Balaban J connectivity index is 2.09. The Morgan fingerprint density at radius 3 is 2.50 bits per heavy atom. The van der Waals surface area contributed by atoms with Crippen LogP contribution in [0, 0.1) is 3.57 Å². The highest BCUT2D eigenvalue weighted by Crippen LogP contribution is 2.26. The van der Waals surface area contributed by atoms with Gasteiger partial charge in [-0.1, -0.05) is 24.3 Å². The highest BCUT2D eigenvalue weighted by atomic mass is 127. The summed E-state index contributed by atoms with van der Waals surface area (Å²) in [5.74, 6) is -0.182. The van der Waals surface area contributed by atoms with Gasteiger partial charge >= 0.3 is 6.36 Å². The third-order valence-corrected chi connectivity index (χ3v) is 3.18. The molecule has 1 N–H and O–H groups in total. The Hall–Kier alpha value is -1.44. The Bertz CT molecular complexity index is 587. The van der Waals surface area contributed by atoms with Crippen LogP contribution >= 0.6 is 22.6 Å². The number of alkyl halides is 3. The smallest absolute Gasteiger partial charge is 0.405 e. The predicted octanol–water partition coefficient (Wildman–Crippen LogP) is 4.80. The summed E-state index contributed by atoms with van der Waals surface area (Å²) in [5, 5.41) is 3.08. The Kier molecular flexibility index (Phi) is 4.74. The van der Waals surface area contributed by atoms with Crippen molar-refractivity contribution in [1.29, 1.82) is 0 Å². The summed E-state index contributed by atoms with van der Waals surface area (Å²) in [5.41, 5.74) is 1.29. The second-order valence-corrected chi connectivity index (χ2v) is 5.27. The highest BCUT2D eigenvalue weighted by Gasteiger charge is 2.31. The fourth-order valence-corrected chi connectivity index (χ4v) is 2.21. The molecule has 0 saturated carbocycles. The Morgan fingerprint density at radius 1 is 1.05 bits per heavy atom. The van der Waals surface area contributed by atoms with E-state index in [0.717, 1.165) is 9.26 Å². The van der Waals surface area contributed by atoms with Crippen LogP contribution in [0.3, 0.4) is 0 Å². The van der Waals surface area contributed by atoms with Crippen molar-refractivity contribution in [3.8, 4) is 5.75 Å². The van der Waals surface area contributed by atoms with E-state index in [4.69, 9.17) is 0 Å². The maximum Gasteiger partial charge on any atom is 0.573 e. The van der Waals surface area contributed by atoms with Gasteiger partial charge in [-0.3, -0.25) is 0 Å². The molecule has 0 aliphatic heterocycles. The van der Waals surface area contributed by atoms with E-state index in [0.29, 0.717) is 5.56 Å². The Morgan fingerprint density at radius 2 is 1.80 bits per heavy atom. The first-order valence-corrected chi connectivity index (χ1v) is 6.85. The Labute approximate surface area is 128 Å². The molecule has 0 bridgehead atoms. The zero-order valence-electron chi connectivity index (χ0n) is 10.2. The molecule has 0 saturated heterocycles. The van der Waals surface area contributed by atoms with Crippen LogP contribution in [-0.4, -0.2) is 6.36 Å². The molecule has 0 aliphatic rings. The van der Waals surface area contributed by atoms with Crippen molar-refractivity contribution in [3.05, 3.63) is 57.7 Å². The highest BCUT2D eigenvalue weighted by molar-refractivity contribution is 14.1. The standard InChI is InChI=1S/C14H11F3INO/c15-14(16,17)20-13-7-2-1-4-10(13)9-19-12-6-3-5-11(18)8-12/h1-8,19H,9H2. The zero-order valence-corrected chi connectivity index (χ0v) is 12.4. The van der Waals surface area contributed by atoms with Crippen LogP contribution in [0.25, 0.3) is 0 Å². The van der Waals surface area contributed by atoms with Gasteiger partial charge in [0.15, 0.2) is 0 Å². The lowest BCUT2D eigenvalue weighted by Crippen LogP contribution is -2.18. The number of ether oxygens (including phenoxy) is 1. The van der Waals surface area contributed by atoms with Crippen LogP contribution in [0.5, 0.6) is 5.75 Å². The largest absolute Gasteiger partial charge is 0.573 e. The van der Waals surface area contributed by atoms with E-state index >= 15 is 0 Å². The molecule has 0 aliphatic carbocycles. The van der Waals surface area contributed by atoms with E-state index in [9.17, 15) is 13.2 Å². The first-order chi connectivity index (χ1) is 9.44. The molecule has 2 nitrogen and oxygen atoms in total. The number of halogens is 4. The van der Waals surface area contributed by atoms with E-state index in [2.05, 4.69) is 32.6 Å². The molecule has 106 valence electrons. The van der Waals surface area contributed by atoms with Crippen LogP contribution in [0.15, 0.2) is 48.5 Å². The summed E-state index contributed by atoms with van der Waals surface area (Å²) in [4.78, 5) is 0. The lowest BCUT2D eigenvalue weighted by Gasteiger charge is -2.14. The van der Waals surface area contributed by atoms with Crippen molar-refractivity contribution in [3.63, 3.8) is 0 Å². The molecule has 0 fully saturated rings. The van der Waals surface area contributed by atoms with Crippen molar-refractivity contribution in [2.75, 3.05) is 5.32 Å².